The van der Waals surface area contributed by atoms with E-state index in [9.17, 15) is 0 Å². The molecule has 3 aliphatic rings. The fourth-order valence-corrected chi connectivity index (χ4v) is 8.07. The molecule has 0 bridgehead atoms. The van der Waals surface area contributed by atoms with E-state index in [1.54, 1.807) is 11.1 Å². The number of benzene rings is 4. The van der Waals surface area contributed by atoms with Crippen LogP contribution in [0.1, 0.15) is 126 Å². The van der Waals surface area contributed by atoms with Crippen molar-refractivity contribution in [2.24, 2.45) is 0 Å². The molecule has 7 rings (SSSR count). The van der Waals surface area contributed by atoms with E-state index >= 15 is 0 Å². The minimum absolute atomic E-state index is 0.0304. The van der Waals surface area contributed by atoms with E-state index < -0.39 is 23.0 Å². The maximum atomic E-state index is 9.14. The number of allylic oxidation sites excluding steroid dienone is 6. The van der Waals surface area contributed by atoms with Gasteiger partial charge in [-0.2, -0.15) is 0 Å². The topological polar surface area (TPSA) is 80.9 Å². The van der Waals surface area contributed by atoms with Gasteiger partial charge in [-0.05, 0) is 99.5 Å². The molecular weight excluding hydrogens is 639 g/mol. The van der Waals surface area contributed by atoms with Gasteiger partial charge < -0.3 is 20.4 Å². The lowest BCUT2D eigenvalue weighted by molar-refractivity contribution is 0.361. The first-order valence-electron chi connectivity index (χ1n) is 18.4. The van der Waals surface area contributed by atoms with Gasteiger partial charge in [-0.25, -0.2) is 0 Å². The molecule has 0 saturated heterocycles. The second-order valence-electron chi connectivity index (χ2n) is 16.7. The predicted molar refractivity (Wildman–Crippen MR) is 218 cm³/mol. The molecule has 270 valence electrons. The summed E-state index contributed by atoms with van der Waals surface area (Å²) in [6, 6.07) is 25.1. The van der Waals surface area contributed by atoms with Crippen molar-refractivity contribution < 1.29 is 20.4 Å². The Bertz CT molecular complexity index is 1980. The third-order valence-corrected chi connectivity index (χ3v) is 11.1. The second-order valence-corrected chi connectivity index (χ2v) is 16.7. The molecule has 1 atom stereocenters. The summed E-state index contributed by atoms with van der Waals surface area (Å²) in [5.74, 6) is -1.90. The SMILES string of the molecule is CC1=CCC=C2C(=C1)C(C)(C)c1ccccc12.CCc1ccc2c(c1)C(C)(C)CC2c1ccccc1C(C)(C)C.[B]c1c(O)c(C)c(O)c(O)c1O. The van der Waals surface area contributed by atoms with Gasteiger partial charge in [0.25, 0.3) is 0 Å². The number of phenolic OH excluding ortho intramolecular Hbond substituents is 4. The number of phenols is 4. The molecule has 3 aliphatic carbocycles. The third-order valence-electron chi connectivity index (χ3n) is 11.1. The molecule has 4 N–H and O–H groups in total. The lowest BCUT2D eigenvalue weighted by Crippen LogP contribution is -2.17. The molecule has 0 saturated carbocycles. The molecule has 0 fully saturated rings. The first-order valence-corrected chi connectivity index (χ1v) is 18.4. The molecule has 2 radical (unpaired) electrons. The van der Waals surface area contributed by atoms with E-state index in [0.29, 0.717) is 5.92 Å². The number of aromatic hydroxyl groups is 4. The molecule has 4 aromatic rings. The Hall–Kier alpha value is -4.64. The molecule has 4 aromatic carbocycles. The zero-order chi connectivity index (χ0) is 38.3. The van der Waals surface area contributed by atoms with Crippen LogP contribution in [0.15, 0.2) is 96.1 Å². The molecule has 0 spiro atoms. The minimum atomic E-state index is -0.720. The molecule has 5 heteroatoms. The van der Waals surface area contributed by atoms with E-state index in [1.807, 2.05) is 0 Å². The van der Waals surface area contributed by atoms with Crippen LogP contribution in [0.25, 0.3) is 5.57 Å². The number of rotatable bonds is 2. The molecule has 4 nitrogen and oxygen atoms in total. The molecule has 0 amide bonds. The third kappa shape index (κ3) is 7.20. The van der Waals surface area contributed by atoms with Crippen molar-refractivity contribution in [3.05, 3.63) is 141 Å². The first kappa shape index (κ1) is 38.6. The molecule has 0 aromatic heterocycles. The summed E-state index contributed by atoms with van der Waals surface area (Å²) in [6.07, 6.45) is 10.4. The number of aryl methyl sites for hydroxylation is 1. The van der Waals surface area contributed by atoms with Crippen LogP contribution in [-0.2, 0) is 22.7 Å². The summed E-state index contributed by atoms with van der Waals surface area (Å²) in [6.45, 7) is 22.3. The van der Waals surface area contributed by atoms with Gasteiger partial charge in [0.15, 0.2) is 17.2 Å². The van der Waals surface area contributed by atoms with Crippen LogP contribution in [0.4, 0.5) is 0 Å². The summed E-state index contributed by atoms with van der Waals surface area (Å²) in [5, 5.41) is 36.2. The zero-order valence-electron chi connectivity index (χ0n) is 32.6. The van der Waals surface area contributed by atoms with E-state index in [2.05, 4.69) is 147 Å². The second kappa shape index (κ2) is 14.4. The van der Waals surface area contributed by atoms with Crippen molar-refractivity contribution in [3.8, 4) is 23.0 Å². The van der Waals surface area contributed by atoms with Gasteiger partial charge in [0.2, 0.25) is 0 Å². The van der Waals surface area contributed by atoms with Crippen LogP contribution in [0.5, 0.6) is 23.0 Å². The lowest BCUT2D eigenvalue weighted by Gasteiger charge is -2.27. The largest absolute Gasteiger partial charge is 0.508 e. The Kier molecular flexibility index (Phi) is 10.7. The highest BCUT2D eigenvalue weighted by molar-refractivity contribution is 6.36. The highest BCUT2D eigenvalue weighted by Gasteiger charge is 2.39. The van der Waals surface area contributed by atoms with Crippen LogP contribution in [0.2, 0.25) is 0 Å². The van der Waals surface area contributed by atoms with Gasteiger partial charge in [-0.15, -0.1) is 0 Å². The van der Waals surface area contributed by atoms with Gasteiger partial charge in [0, 0.05) is 16.9 Å². The predicted octanol–water partition coefficient (Wildman–Crippen LogP) is 10.6. The normalized spacial score (nSPS) is 17.8. The summed E-state index contributed by atoms with van der Waals surface area (Å²) < 4.78 is 0. The smallest absolute Gasteiger partial charge is 0.200 e. The Morgan fingerprint density at radius 2 is 1.40 bits per heavy atom. The lowest BCUT2D eigenvalue weighted by atomic mass is 9.77. The van der Waals surface area contributed by atoms with Gasteiger partial charge in [0.05, 0.1) is 0 Å². The maximum Gasteiger partial charge on any atom is 0.200 e. The Morgan fingerprint density at radius 3 is 2.08 bits per heavy atom. The summed E-state index contributed by atoms with van der Waals surface area (Å²) >= 11 is 0. The Labute approximate surface area is 312 Å². The zero-order valence-corrected chi connectivity index (χ0v) is 32.6. The van der Waals surface area contributed by atoms with Crippen molar-refractivity contribution in [2.45, 2.75) is 111 Å². The van der Waals surface area contributed by atoms with Crippen molar-refractivity contribution in [3.63, 3.8) is 0 Å². The van der Waals surface area contributed by atoms with Crippen LogP contribution in [0.3, 0.4) is 0 Å². The standard InChI is InChI=1S/C23H30.C17H18.C7H7BO4/c1-7-16-12-13-18-19(15-23(5,6)21(18)14-16)17-10-8-9-11-20(17)22(2,3)4;1-12-7-6-9-14-13-8-4-5-10-15(13)17(2,3)16(14)11-12;1-2-4(9)3(8)6(11)7(12)5(2)10/h8-14,19H,7,15H2,1-6H3;4-5,7-11H,6H2,1-3H3;9-12H,1H3. The average Bonchev–Trinajstić information content (AvgIpc) is 3.38. The minimum Gasteiger partial charge on any atom is -0.508 e. The number of hydrogen-bond donors (Lipinski definition) is 4. The molecule has 52 heavy (non-hydrogen) atoms. The van der Waals surface area contributed by atoms with Crippen molar-refractivity contribution >= 4 is 18.9 Å². The Morgan fingerprint density at radius 1 is 0.750 bits per heavy atom. The Balaban J connectivity index is 0.000000159. The van der Waals surface area contributed by atoms with E-state index in [-0.39, 0.29) is 27.3 Å². The van der Waals surface area contributed by atoms with Crippen LogP contribution in [0, 0.1) is 6.92 Å². The quantitative estimate of drug-likeness (QED) is 0.0957. The van der Waals surface area contributed by atoms with Crippen LogP contribution in [-0.4, -0.2) is 28.3 Å². The van der Waals surface area contributed by atoms with Crippen LogP contribution < -0.4 is 5.46 Å². The maximum absolute atomic E-state index is 9.14. The highest BCUT2D eigenvalue weighted by Crippen LogP contribution is 2.52. The summed E-state index contributed by atoms with van der Waals surface area (Å²) in [5.41, 5.74) is 15.0. The monoisotopic (exact) mass is 694 g/mol. The average molecular weight is 695 g/mol. The van der Waals surface area contributed by atoms with Crippen molar-refractivity contribution in [2.75, 3.05) is 0 Å². The van der Waals surface area contributed by atoms with Crippen molar-refractivity contribution in [1.29, 1.82) is 0 Å². The van der Waals surface area contributed by atoms with Gasteiger partial charge >= 0.3 is 0 Å². The highest BCUT2D eigenvalue weighted by atomic mass is 16.3. The van der Waals surface area contributed by atoms with Gasteiger partial charge in [-0.3, -0.25) is 0 Å². The molecule has 0 heterocycles. The molecular formula is C47H55BO4. The number of hydrogen-bond acceptors (Lipinski definition) is 4. The van der Waals surface area contributed by atoms with E-state index in [0.717, 1.165) is 12.8 Å². The van der Waals surface area contributed by atoms with Gasteiger partial charge in [-0.1, -0.05) is 146 Å². The number of fused-ring (bicyclic) bond motifs is 4. The molecule has 0 aliphatic heterocycles. The van der Waals surface area contributed by atoms with E-state index in [4.69, 9.17) is 28.3 Å². The van der Waals surface area contributed by atoms with Crippen LogP contribution >= 0.6 is 0 Å². The first-order chi connectivity index (χ1) is 24.3. The van der Waals surface area contributed by atoms with Crippen molar-refractivity contribution in [1.82, 2.24) is 0 Å². The van der Waals surface area contributed by atoms with Gasteiger partial charge in [0.1, 0.15) is 13.6 Å². The van der Waals surface area contributed by atoms with E-state index in [1.165, 1.54) is 57.9 Å². The fraction of sp³-hybridized carbons (Fsp3) is 0.362. The summed E-state index contributed by atoms with van der Waals surface area (Å²) in [4.78, 5) is 0. The summed E-state index contributed by atoms with van der Waals surface area (Å²) in [7, 11) is 5.18. The molecule has 1 unspecified atom stereocenters. The fourth-order valence-electron chi connectivity index (χ4n) is 8.07.